The molecule has 196 valence electrons. The molecular weight excluding hydrogens is 470 g/mol. The molecule has 0 saturated carbocycles. The first kappa shape index (κ1) is 27.7. The van der Waals surface area contributed by atoms with E-state index in [1.165, 1.54) is 0 Å². The second-order valence-corrected chi connectivity index (χ2v) is 10.3. The Morgan fingerprint density at radius 3 is 2.00 bits per heavy atom. The van der Waals surface area contributed by atoms with E-state index in [4.69, 9.17) is 4.74 Å². The highest BCUT2D eigenvalue weighted by Crippen LogP contribution is 2.26. The fourth-order valence-electron chi connectivity index (χ4n) is 4.40. The lowest BCUT2D eigenvalue weighted by atomic mass is 10.0. The second-order valence-electron chi connectivity index (χ2n) is 10.3. The topological polar surface area (TPSA) is 117 Å². The minimum Gasteiger partial charge on any atom is -0.480 e. The number of carboxylic acid groups (broad SMARTS) is 1. The number of rotatable bonds is 7. The molecule has 37 heavy (non-hydrogen) atoms. The lowest BCUT2D eigenvalue weighted by Gasteiger charge is -2.29. The number of carbonyl (C=O) groups excluding carboxylic acids is 2. The molecular formula is C29H35N3O5. The zero-order valence-corrected chi connectivity index (χ0v) is 22.4. The fourth-order valence-corrected chi connectivity index (χ4v) is 4.40. The van der Waals surface area contributed by atoms with Crippen molar-refractivity contribution in [2.75, 3.05) is 10.6 Å². The largest absolute Gasteiger partial charge is 0.480 e. The summed E-state index contributed by atoms with van der Waals surface area (Å²) in [5.74, 6) is -1.86. The molecule has 0 aliphatic rings. The normalized spacial score (nSPS) is 13.1. The van der Waals surface area contributed by atoms with E-state index in [2.05, 4.69) is 16.0 Å². The molecule has 0 heterocycles. The van der Waals surface area contributed by atoms with Gasteiger partial charge in [0.05, 0.1) is 23.0 Å². The summed E-state index contributed by atoms with van der Waals surface area (Å²) >= 11 is 0. The average molecular weight is 506 g/mol. The summed E-state index contributed by atoms with van der Waals surface area (Å²) in [5, 5.41) is 19.6. The van der Waals surface area contributed by atoms with Crippen molar-refractivity contribution in [3.8, 4) is 0 Å². The summed E-state index contributed by atoms with van der Waals surface area (Å²) in [6.07, 6.45) is -0.797. The van der Waals surface area contributed by atoms with Gasteiger partial charge in [-0.2, -0.15) is 0 Å². The predicted molar refractivity (Wildman–Crippen MR) is 146 cm³/mol. The quantitative estimate of drug-likeness (QED) is 0.324. The van der Waals surface area contributed by atoms with E-state index >= 15 is 0 Å². The van der Waals surface area contributed by atoms with Crippen molar-refractivity contribution in [2.45, 2.75) is 66.2 Å². The van der Waals surface area contributed by atoms with Crippen LogP contribution in [0.25, 0.3) is 10.8 Å². The Morgan fingerprint density at radius 2 is 1.46 bits per heavy atom. The van der Waals surface area contributed by atoms with E-state index < -0.39 is 35.7 Å². The second kappa shape index (κ2) is 11.0. The van der Waals surface area contributed by atoms with Crippen LogP contribution in [0.1, 0.15) is 54.7 Å². The van der Waals surface area contributed by atoms with Gasteiger partial charge in [-0.15, -0.1) is 0 Å². The lowest BCUT2D eigenvalue weighted by Crippen LogP contribution is -2.50. The zero-order chi connectivity index (χ0) is 27.5. The molecule has 0 aromatic heterocycles. The van der Waals surface area contributed by atoms with Crippen LogP contribution >= 0.6 is 0 Å². The van der Waals surface area contributed by atoms with Gasteiger partial charge in [0.25, 0.3) is 5.91 Å². The minimum absolute atomic E-state index is 0.139. The first-order valence-corrected chi connectivity index (χ1v) is 12.2. The van der Waals surface area contributed by atoms with Crippen LogP contribution in [0.5, 0.6) is 0 Å². The molecule has 8 nitrogen and oxygen atoms in total. The van der Waals surface area contributed by atoms with Crippen molar-refractivity contribution in [1.82, 2.24) is 5.32 Å². The Kier molecular flexibility index (Phi) is 8.23. The number of aliphatic carboxylic acids is 1. The summed E-state index contributed by atoms with van der Waals surface area (Å²) < 4.78 is 5.78. The highest BCUT2D eigenvalue weighted by molar-refractivity contribution is 6.10. The Bertz CT molecular complexity index is 1320. The third kappa shape index (κ3) is 7.07. The van der Waals surface area contributed by atoms with E-state index in [1.54, 1.807) is 19.1 Å². The van der Waals surface area contributed by atoms with Crippen molar-refractivity contribution in [3.05, 3.63) is 70.8 Å². The molecule has 3 rings (SSSR count). The van der Waals surface area contributed by atoms with E-state index in [0.717, 1.165) is 27.5 Å². The van der Waals surface area contributed by atoms with Gasteiger partial charge >= 0.3 is 12.0 Å². The number of aryl methyl sites for hydroxylation is 3. The summed E-state index contributed by atoms with van der Waals surface area (Å²) in [6, 6.07) is 12.9. The first-order chi connectivity index (χ1) is 17.2. The van der Waals surface area contributed by atoms with Crippen molar-refractivity contribution in [2.24, 2.45) is 0 Å². The van der Waals surface area contributed by atoms with Crippen LogP contribution in [-0.2, 0) is 9.53 Å². The maximum atomic E-state index is 13.4. The highest BCUT2D eigenvalue weighted by atomic mass is 16.5. The maximum Gasteiger partial charge on any atom is 0.328 e. The lowest BCUT2D eigenvalue weighted by molar-refractivity contribution is -0.146. The third-order valence-corrected chi connectivity index (χ3v) is 5.86. The van der Waals surface area contributed by atoms with Gasteiger partial charge in [0.1, 0.15) is 0 Å². The van der Waals surface area contributed by atoms with Crippen molar-refractivity contribution in [3.63, 3.8) is 0 Å². The van der Waals surface area contributed by atoms with Gasteiger partial charge in [0, 0.05) is 5.69 Å². The number of hydrogen-bond acceptors (Lipinski definition) is 4. The SMILES string of the molecule is Cc1cc(C)c(NC(=O)Nc2cc3ccccc3cc2C(=O)N[C@H](C(=O)O)[C@@H](C)OC(C)(C)C)c(C)c1. The molecule has 0 aliphatic carbocycles. The third-order valence-electron chi connectivity index (χ3n) is 5.86. The number of hydrogen-bond donors (Lipinski definition) is 4. The number of carbonyl (C=O) groups is 3. The molecule has 3 aromatic rings. The molecule has 0 radical (unpaired) electrons. The van der Waals surface area contributed by atoms with Crippen LogP contribution in [0.4, 0.5) is 16.2 Å². The Morgan fingerprint density at radius 1 is 0.892 bits per heavy atom. The van der Waals surface area contributed by atoms with E-state index in [0.29, 0.717) is 5.69 Å². The number of fused-ring (bicyclic) bond motifs is 1. The molecule has 0 unspecified atom stereocenters. The van der Waals surface area contributed by atoms with Crippen molar-refractivity contribution in [1.29, 1.82) is 0 Å². The number of urea groups is 1. The van der Waals surface area contributed by atoms with Crippen LogP contribution in [0, 0.1) is 20.8 Å². The van der Waals surface area contributed by atoms with E-state index in [9.17, 15) is 19.5 Å². The molecule has 2 atom stereocenters. The first-order valence-electron chi connectivity index (χ1n) is 12.2. The number of amides is 3. The molecule has 3 aromatic carbocycles. The van der Waals surface area contributed by atoms with E-state index in [1.807, 2.05) is 77.9 Å². The number of benzene rings is 3. The molecule has 0 fully saturated rings. The fraction of sp³-hybridized carbons (Fsp3) is 0.345. The van der Waals surface area contributed by atoms with E-state index in [-0.39, 0.29) is 11.3 Å². The summed E-state index contributed by atoms with van der Waals surface area (Å²) in [4.78, 5) is 38.4. The molecule has 4 N–H and O–H groups in total. The molecule has 0 bridgehead atoms. The highest BCUT2D eigenvalue weighted by Gasteiger charge is 2.31. The van der Waals surface area contributed by atoms with Crippen LogP contribution in [0.2, 0.25) is 0 Å². The van der Waals surface area contributed by atoms with Gasteiger partial charge in [-0.1, -0.05) is 42.0 Å². The predicted octanol–water partition coefficient (Wildman–Crippen LogP) is 5.80. The molecule has 3 amide bonds. The Hall–Kier alpha value is -3.91. The minimum atomic E-state index is -1.29. The summed E-state index contributed by atoms with van der Waals surface area (Å²) in [6.45, 7) is 12.9. The van der Waals surface area contributed by atoms with Crippen molar-refractivity contribution >= 4 is 40.1 Å². The van der Waals surface area contributed by atoms with Gasteiger partial charge in [-0.25, -0.2) is 9.59 Å². The number of ether oxygens (including phenoxy) is 1. The van der Waals surface area contributed by atoms with Gasteiger partial charge in [-0.05, 0) is 82.5 Å². The summed E-state index contributed by atoms with van der Waals surface area (Å²) in [7, 11) is 0. The van der Waals surface area contributed by atoms with Crippen LogP contribution < -0.4 is 16.0 Å². The van der Waals surface area contributed by atoms with Gasteiger partial charge in [-0.3, -0.25) is 4.79 Å². The average Bonchev–Trinajstić information content (AvgIpc) is 2.77. The number of nitrogens with one attached hydrogen (secondary N) is 3. The summed E-state index contributed by atoms with van der Waals surface area (Å²) in [5.41, 5.74) is 3.41. The molecule has 0 aliphatic heterocycles. The zero-order valence-electron chi connectivity index (χ0n) is 22.4. The van der Waals surface area contributed by atoms with Crippen LogP contribution in [0.3, 0.4) is 0 Å². The van der Waals surface area contributed by atoms with Gasteiger partial charge in [0.15, 0.2) is 6.04 Å². The molecule has 0 saturated heterocycles. The monoisotopic (exact) mass is 505 g/mol. The smallest absolute Gasteiger partial charge is 0.328 e. The molecule has 0 spiro atoms. The molecule has 8 heteroatoms. The van der Waals surface area contributed by atoms with Crippen molar-refractivity contribution < 1.29 is 24.2 Å². The standard InChI is InChI=1S/C29H35N3O5/c1-16-12-17(2)24(18(3)13-16)32-28(36)30-23-15-21-11-9-8-10-20(21)14-22(23)26(33)31-25(27(34)35)19(4)37-29(5,6)7/h8-15,19,25H,1-7H3,(H,31,33)(H,34,35)(H2,30,32,36)/t19-,25+/m1/s1. The maximum absolute atomic E-state index is 13.4. The number of anilines is 2. The Balaban J connectivity index is 1.93. The Labute approximate surface area is 217 Å². The van der Waals surface area contributed by atoms with Gasteiger partial charge < -0.3 is 25.8 Å². The number of carboxylic acids is 1. The van der Waals surface area contributed by atoms with Gasteiger partial charge in [0.2, 0.25) is 0 Å². The van der Waals surface area contributed by atoms with Crippen LogP contribution in [-0.4, -0.2) is 40.8 Å². The van der Waals surface area contributed by atoms with Crippen LogP contribution in [0.15, 0.2) is 48.5 Å².